The van der Waals surface area contributed by atoms with Crippen LogP contribution in [0.2, 0.25) is 5.02 Å². The molecule has 0 atom stereocenters. The van der Waals surface area contributed by atoms with E-state index in [0.717, 1.165) is 11.3 Å². The Labute approximate surface area is 94.0 Å². The van der Waals surface area contributed by atoms with Crippen LogP contribution < -0.4 is 5.32 Å². The van der Waals surface area contributed by atoms with Gasteiger partial charge in [0.2, 0.25) is 0 Å². The van der Waals surface area contributed by atoms with E-state index in [1.54, 1.807) is 12.1 Å². The van der Waals surface area contributed by atoms with Crippen LogP contribution in [0.1, 0.15) is 5.56 Å². The largest absolute Gasteiger partial charge is 0.384 e. The first kappa shape index (κ1) is 12.3. The lowest BCUT2D eigenvalue weighted by molar-refractivity contribution is 0.484. The summed E-state index contributed by atoms with van der Waals surface area (Å²) in [7, 11) is -3.91. The maximum absolute atomic E-state index is 10.4. The number of hydrogen-bond donors (Lipinski definition) is 2. The quantitative estimate of drug-likeness (QED) is 0.801. The van der Waals surface area contributed by atoms with Crippen molar-refractivity contribution in [1.82, 2.24) is 0 Å². The van der Waals surface area contributed by atoms with Crippen LogP contribution in [0.15, 0.2) is 18.2 Å². The molecule has 6 heteroatoms. The highest BCUT2D eigenvalue weighted by molar-refractivity contribution is 7.85. The molecule has 0 spiro atoms. The fourth-order valence-corrected chi connectivity index (χ4v) is 1.57. The average Bonchev–Trinajstić information content (AvgIpc) is 2.09. The topological polar surface area (TPSA) is 66.4 Å². The Balaban J connectivity index is 2.55. The van der Waals surface area contributed by atoms with Crippen LogP contribution >= 0.6 is 11.6 Å². The van der Waals surface area contributed by atoms with Crippen molar-refractivity contribution in [3.05, 3.63) is 28.8 Å². The SMILES string of the molecule is Cc1ccc(NCCS(=O)(=O)O)cc1Cl. The van der Waals surface area contributed by atoms with Crippen molar-refractivity contribution >= 4 is 27.4 Å². The van der Waals surface area contributed by atoms with E-state index in [1.165, 1.54) is 0 Å². The summed E-state index contributed by atoms with van der Waals surface area (Å²) in [6.07, 6.45) is 0. The maximum atomic E-state index is 10.4. The molecule has 0 aliphatic heterocycles. The number of anilines is 1. The van der Waals surface area contributed by atoms with E-state index >= 15 is 0 Å². The summed E-state index contributed by atoms with van der Waals surface area (Å²) in [5, 5.41) is 3.46. The molecule has 0 heterocycles. The zero-order valence-corrected chi connectivity index (χ0v) is 9.77. The van der Waals surface area contributed by atoms with Gasteiger partial charge in [-0.1, -0.05) is 17.7 Å². The summed E-state index contributed by atoms with van der Waals surface area (Å²) in [4.78, 5) is 0. The lowest BCUT2D eigenvalue weighted by Crippen LogP contribution is -2.14. The Morgan fingerprint density at radius 2 is 2.13 bits per heavy atom. The van der Waals surface area contributed by atoms with E-state index in [9.17, 15) is 8.42 Å². The minimum absolute atomic E-state index is 0.151. The highest BCUT2D eigenvalue weighted by Gasteiger charge is 2.03. The molecule has 0 unspecified atom stereocenters. The van der Waals surface area contributed by atoms with Gasteiger partial charge in [0.15, 0.2) is 0 Å². The van der Waals surface area contributed by atoms with Crippen molar-refractivity contribution in [3.63, 3.8) is 0 Å². The summed E-state index contributed by atoms with van der Waals surface area (Å²) < 4.78 is 29.4. The molecule has 0 radical (unpaired) electrons. The average molecular weight is 250 g/mol. The molecule has 0 aliphatic rings. The van der Waals surface area contributed by atoms with E-state index in [0.29, 0.717) is 5.02 Å². The van der Waals surface area contributed by atoms with Gasteiger partial charge < -0.3 is 5.32 Å². The summed E-state index contributed by atoms with van der Waals surface area (Å²) in [5.41, 5.74) is 1.69. The van der Waals surface area contributed by atoms with Crippen LogP contribution in [0.25, 0.3) is 0 Å². The smallest absolute Gasteiger partial charge is 0.266 e. The van der Waals surface area contributed by atoms with Gasteiger partial charge in [-0.2, -0.15) is 8.42 Å². The number of nitrogens with one attached hydrogen (secondary N) is 1. The van der Waals surface area contributed by atoms with Gasteiger partial charge in [-0.15, -0.1) is 0 Å². The molecule has 0 aromatic heterocycles. The number of halogens is 1. The number of rotatable bonds is 4. The molecule has 1 rings (SSSR count). The molecule has 15 heavy (non-hydrogen) atoms. The molecule has 0 bridgehead atoms. The normalized spacial score (nSPS) is 11.4. The van der Waals surface area contributed by atoms with Gasteiger partial charge in [0, 0.05) is 17.3 Å². The molecule has 0 saturated heterocycles. The van der Waals surface area contributed by atoms with Gasteiger partial charge in [-0.25, -0.2) is 0 Å². The lowest BCUT2D eigenvalue weighted by Gasteiger charge is -2.06. The van der Waals surface area contributed by atoms with Crippen molar-refractivity contribution < 1.29 is 13.0 Å². The standard InChI is InChI=1S/C9H12ClNO3S/c1-7-2-3-8(6-9(7)10)11-4-5-15(12,13)14/h2-3,6,11H,4-5H2,1H3,(H,12,13,14). The van der Waals surface area contributed by atoms with E-state index < -0.39 is 10.1 Å². The third-order valence-electron chi connectivity index (χ3n) is 1.86. The van der Waals surface area contributed by atoms with Crippen LogP contribution in [0, 0.1) is 6.92 Å². The van der Waals surface area contributed by atoms with E-state index in [4.69, 9.17) is 16.2 Å². The second-order valence-electron chi connectivity index (χ2n) is 3.18. The number of aryl methyl sites for hydroxylation is 1. The molecule has 84 valence electrons. The Morgan fingerprint density at radius 1 is 1.47 bits per heavy atom. The fraction of sp³-hybridized carbons (Fsp3) is 0.333. The molecular weight excluding hydrogens is 238 g/mol. The lowest BCUT2D eigenvalue weighted by atomic mass is 10.2. The van der Waals surface area contributed by atoms with E-state index in [-0.39, 0.29) is 12.3 Å². The second kappa shape index (κ2) is 4.83. The van der Waals surface area contributed by atoms with Crippen molar-refractivity contribution in [1.29, 1.82) is 0 Å². The summed E-state index contributed by atoms with van der Waals surface area (Å²) in [6.45, 7) is 2.03. The Kier molecular flexibility index (Phi) is 3.96. The monoisotopic (exact) mass is 249 g/mol. The molecule has 4 nitrogen and oxygen atoms in total. The predicted molar refractivity (Wildman–Crippen MR) is 61.1 cm³/mol. The minimum atomic E-state index is -3.91. The van der Waals surface area contributed by atoms with Gasteiger partial charge in [0.1, 0.15) is 0 Å². The van der Waals surface area contributed by atoms with E-state index in [2.05, 4.69) is 5.32 Å². The first-order valence-corrected chi connectivity index (χ1v) is 6.32. The predicted octanol–water partition coefficient (Wildman–Crippen LogP) is 1.95. The van der Waals surface area contributed by atoms with Crippen molar-refractivity contribution in [3.8, 4) is 0 Å². The first-order valence-electron chi connectivity index (χ1n) is 4.34. The van der Waals surface area contributed by atoms with Crippen LogP contribution in [0.5, 0.6) is 0 Å². The van der Waals surface area contributed by atoms with Crippen LogP contribution in [-0.2, 0) is 10.1 Å². The third-order valence-corrected chi connectivity index (χ3v) is 2.99. The molecule has 0 fully saturated rings. The molecular formula is C9H12ClNO3S. The zero-order valence-electron chi connectivity index (χ0n) is 8.20. The Morgan fingerprint density at radius 3 is 2.67 bits per heavy atom. The molecule has 2 N–H and O–H groups in total. The van der Waals surface area contributed by atoms with Crippen LogP contribution in [0.3, 0.4) is 0 Å². The Hall–Kier alpha value is -0.780. The van der Waals surface area contributed by atoms with Crippen LogP contribution in [-0.4, -0.2) is 25.3 Å². The van der Waals surface area contributed by atoms with Crippen molar-refractivity contribution in [2.24, 2.45) is 0 Å². The van der Waals surface area contributed by atoms with Gasteiger partial charge in [-0.05, 0) is 24.6 Å². The van der Waals surface area contributed by atoms with Crippen LogP contribution in [0.4, 0.5) is 5.69 Å². The molecule has 0 aliphatic carbocycles. The highest BCUT2D eigenvalue weighted by Crippen LogP contribution is 2.19. The van der Waals surface area contributed by atoms with Gasteiger partial charge in [0.25, 0.3) is 10.1 Å². The summed E-state index contributed by atoms with van der Waals surface area (Å²) >= 11 is 5.88. The zero-order chi connectivity index (χ0) is 11.5. The van der Waals surface area contributed by atoms with Gasteiger partial charge in [0.05, 0.1) is 5.75 Å². The van der Waals surface area contributed by atoms with E-state index in [1.807, 2.05) is 13.0 Å². The van der Waals surface area contributed by atoms with Gasteiger partial charge in [-0.3, -0.25) is 4.55 Å². The number of benzene rings is 1. The molecule has 1 aromatic rings. The van der Waals surface area contributed by atoms with Crippen molar-refractivity contribution in [2.75, 3.05) is 17.6 Å². The Bertz CT molecular complexity index is 445. The summed E-state index contributed by atoms with van der Waals surface area (Å²) in [5.74, 6) is -0.321. The number of hydrogen-bond acceptors (Lipinski definition) is 3. The van der Waals surface area contributed by atoms with Gasteiger partial charge >= 0.3 is 0 Å². The summed E-state index contributed by atoms with van der Waals surface area (Å²) in [6, 6.07) is 5.34. The third kappa shape index (κ3) is 4.51. The van der Waals surface area contributed by atoms with Crippen molar-refractivity contribution in [2.45, 2.75) is 6.92 Å². The maximum Gasteiger partial charge on any atom is 0.266 e. The fourth-order valence-electron chi connectivity index (χ4n) is 1.03. The minimum Gasteiger partial charge on any atom is -0.384 e. The molecule has 0 amide bonds. The molecule has 1 aromatic carbocycles. The first-order chi connectivity index (χ1) is 6.88. The molecule has 0 saturated carbocycles. The highest BCUT2D eigenvalue weighted by atomic mass is 35.5. The second-order valence-corrected chi connectivity index (χ2v) is 5.16.